The molecule has 2 heterocycles. The first-order valence-electron chi connectivity index (χ1n) is 10.8. The Morgan fingerprint density at radius 2 is 2.06 bits per heavy atom. The Kier molecular flexibility index (Phi) is 7.53. The van der Waals surface area contributed by atoms with E-state index in [1.807, 2.05) is 54.2 Å². The van der Waals surface area contributed by atoms with Crippen LogP contribution in [0.1, 0.15) is 17.5 Å². The van der Waals surface area contributed by atoms with E-state index in [4.69, 9.17) is 11.6 Å². The Hall–Kier alpha value is -3.31. The van der Waals surface area contributed by atoms with Crippen molar-refractivity contribution >= 4 is 51.7 Å². The van der Waals surface area contributed by atoms with Gasteiger partial charge in [-0.3, -0.25) is 4.98 Å². The summed E-state index contributed by atoms with van der Waals surface area (Å²) in [5, 5.41) is 15.4. The van der Waals surface area contributed by atoms with Crippen LogP contribution in [0.3, 0.4) is 0 Å². The molecule has 2 aromatic carbocycles. The predicted molar refractivity (Wildman–Crippen MR) is 141 cm³/mol. The third kappa shape index (κ3) is 5.60. The van der Waals surface area contributed by atoms with Crippen LogP contribution in [0.25, 0.3) is 17.0 Å². The molecule has 4 rings (SSSR count). The number of hydrogen-bond acceptors (Lipinski definition) is 6. The summed E-state index contributed by atoms with van der Waals surface area (Å²) in [4.78, 5) is 11.9. The van der Waals surface area contributed by atoms with Gasteiger partial charge in [-0.25, -0.2) is 4.98 Å². The van der Waals surface area contributed by atoms with Gasteiger partial charge in [0.2, 0.25) is 0 Å². The highest BCUT2D eigenvalue weighted by Crippen LogP contribution is 2.36. The molecule has 0 saturated carbocycles. The summed E-state index contributed by atoms with van der Waals surface area (Å²) in [6.45, 7) is 1.00. The molecule has 6 nitrogen and oxygen atoms in total. The van der Waals surface area contributed by atoms with Crippen LogP contribution in [0.4, 0.5) is 11.4 Å². The largest absolute Gasteiger partial charge is 0.354 e. The van der Waals surface area contributed by atoms with E-state index < -0.39 is 0 Å². The number of pyridine rings is 1. The summed E-state index contributed by atoms with van der Waals surface area (Å²) >= 11 is 8.08. The van der Waals surface area contributed by atoms with Gasteiger partial charge in [-0.15, -0.1) is 0 Å². The van der Waals surface area contributed by atoms with Crippen LogP contribution in [-0.2, 0) is 7.05 Å². The van der Waals surface area contributed by atoms with Gasteiger partial charge >= 0.3 is 0 Å². The molecule has 4 aromatic rings. The summed E-state index contributed by atoms with van der Waals surface area (Å²) in [5.41, 5.74) is 3.89. The van der Waals surface area contributed by atoms with Crippen LogP contribution in [0.15, 0.2) is 71.1 Å². The Labute approximate surface area is 208 Å². The Morgan fingerprint density at radius 3 is 2.76 bits per heavy atom. The molecule has 2 aromatic heterocycles. The number of rotatable bonds is 8. The number of aryl methyl sites for hydroxylation is 1. The molecule has 1 N–H and O–H groups in total. The zero-order chi connectivity index (χ0) is 24.1. The smallest absolute Gasteiger partial charge is 0.172 e. The molecule has 0 unspecified atom stereocenters. The minimum atomic E-state index is 0.476. The van der Waals surface area contributed by atoms with Gasteiger partial charge in [-0.05, 0) is 50.3 Å². The lowest BCUT2D eigenvalue weighted by Gasteiger charge is -2.13. The maximum absolute atomic E-state index is 9.68. The van der Waals surface area contributed by atoms with E-state index in [2.05, 4.69) is 52.5 Å². The van der Waals surface area contributed by atoms with E-state index in [-0.39, 0.29) is 0 Å². The SMILES string of the molecule is CN(C)CC/C=C/c1ccc2c(Nc3ccc(Sc4nccn4C)c(Cl)c3)c(C#N)cnc2c1. The number of halogens is 1. The number of anilines is 2. The second-order valence-corrected chi connectivity index (χ2v) is 9.54. The maximum Gasteiger partial charge on any atom is 0.172 e. The molecule has 34 heavy (non-hydrogen) atoms. The number of hydrogen-bond donors (Lipinski definition) is 1. The minimum absolute atomic E-state index is 0.476. The fourth-order valence-corrected chi connectivity index (χ4v) is 4.54. The highest BCUT2D eigenvalue weighted by atomic mass is 35.5. The molecule has 0 radical (unpaired) electrons. The summed E-state index contributed by atoms with van der Waals surface area (Å²) in [7, 11) is 6.08. The number of nitrogens with one attached hydrogen (secondary N) is 1. The van der Waals surface area contributed by atoms with Crippen LogP contribution in [0.2, 0.25) is 5.02 Å². The first-order valence-corrected chi connectivity index (χ1v) is 12.0. The number of aromatic nitrogens is 3. The highest BCUT2D eigenvalue weighted by Gasteiger charge is 2.12. The van der Waals surface area contributed by atoms with E-state index in [0.29, 0.717) is 10.6 Å². The fraction of sp³-hybridized carbons (Fsp3) is 0.192. The molecule has 172 valence electrons. The summed E-state index contributed by atoms with van der Waals surface area (Å²) in [6.07, 6.45) is 10.5. The molecular weight excluding hydrogens is 464 g/mol. The van der Waals surface area contributed by atoms with Gasteiger partial charge in [0, 0.05) is 48.2 Å². The average molecular weight is 489 g/mol. The van der Waals surface area contributed by atoms with Crippen LogP contribution in [-0.4, -0.2) is 40.1 Å². The molecule has 0 aliphatic carbocycles. The minimum Gasteiger partial charge on any atom is -0.354 e. The third-order valence-electron chi connectivity index (χ3n) is 5.25. The highest BCUT2D eigenvalue weighted by molar-refractivity contribution is 7.99. The fourth-order valence-electron chi connectivity index (χ4n) is 3.44. The van der Waals surface area contributed by atoms with E-state index in [0.717, 1.165) is 50.9 Å². The molecule has 0 bridgehead atoms. The van der Waals surface area contributed by atoms with E-state index in [1.54, 1.807) is 12.4 Å². The topological polar surface area (TPSA) is 69.8 Å². The summed E-state index contributed by atoms with van der Waals surface area (Å²) < 4.78 is 1.95. The van der Waals surface area contributed by atoms with Crippen molar-refractivity contribution in [2.75, 3.05) is 26.0 Å². The Bertz CT molecular complexity index is 1390. The third-order valence-corrected chi connectivity index (χ3v) is 6.82. The molecule has 0 amide bonds. The van der Waals surface area contributed by atoms with Gasteiger partial charge in [0.15, 0.2) is 5.16 Å². The quantitative estimate of drug-likeness (QED) is 0.311. The molecule has 0 atom stereocenters. The molecule has 0 aliphatic heterocycles. The van der Waals surface area contributed by atoms with Gasteiger partial charge in [-0.2, -0.15) is 5.26 Å². The zero-order valence-electron chi connectivity index (χ0n) is 19.3. The van der Waals surface area contributed by atoms with Crippen molar-refractivity contribution in [2.45, 2.75) is 16.5 Å². The number of nitriles is 1. The van der Waals surface area contributed by atoms with Crippen LogP contribution in [0, 0.1) is 11.3 Å². The molecule has 0 spiro atoms. The van der Waals surface area contributed by atoms with Gasteiger partial charge < -0.3 is 14.8 Å². The zero-order valence-corrected chi connectivity index (χ0v) is 20.9. The number of benzene rings is 2. The van der Waals surface area contributed by atoms with Gasteiger partial charge in [0.05, 0.1) is 21.8 Å². The normalized spacial score (nSPS) is 11.4. The Morgan fingerprint density at radius 1 is 1.21 bits per heavy atom. The van der Waals surface area contributed by atoms with Crippen molar-refractivity contribution in [1.29, 1.82) is 5.26 Å². The second kappa shape index (κ2) is 10.7. The van der Waals surface area contributed by atoms with Crippen LogP contribution < -0.4 is 5.32 Å². The number of nitrogens with zero attached hydrogens (tertiary/aromatic N) is 5. The van der Waals surface area contributed by atoms with Crippen LogP contribution in [0.5, 0.6) is 0 Å². The standard InChI is InChI=1S/C26H25ClN6S/c1-32(2)12-5-4-6-18-7-9-21-23(14-18)30-17-19(16-28)25(21)31-20-8-10-24(22(27)15-20)34-26-29-11-13-33(26)3/h4,6-11,13-15,17H,5,12H2,1-3H3,(H,30,31)/b6-4+. The molecule has 0 aliphatic rings. The van der Waals surface area contributed by atoms with Crippen molar-refractivity contribution in [3.63, 3.8) is 0 Å². The number of fused-ring (bicyclic) bond motifs is 1. The molecule has 0 saturated heterocycles. The van der Waals surface area contributed by atoms with Crippen molar-refractivity contribution in [3.05, 3.63) is 77.2 Å². The molecule has 8 heteroatoms. The van der Waals surface area contributed by atoms with Gasteiger partial charge in [0.25, 0.3) is 0 Å². The van der Waals surface area contributed by atoms with Gasteiger partial charge in [-0.1, -0.05) is 47.6 Å². The monoisotopic (exact) mass is 488 g/mol. The van der Waals surface area contributed by atoms with Gasteiger partial charge in [0.1, 0.15) is 6.07 Å². The number of imidazole rings is 1. The summed E-state index contributed by atoms with van der Waals surface area (Å²) in [6, 6.07) is 14.1. The van der Waals surface area contributed by atoms with Crippen molar-refractivity contribution < 1.29 is 0 Å². The van der Waals surface area contributed by atoms with Crippen LogP contribution >= 0.6 is 23.4 Å². The van der Waals surface area contributed by atoms with E-state index in [1.165, 1.54) is 11.8 Å². The lowest BCUT2D eigenvalue weighted by atomic mass is 10.1. The second-order valence-electron chi connectivity index (χ2n) is 8.12. The maximum atomic E-state index is 9.68. The van der Waals surface area contributed by atoms with Crippen molar-refractivity contribution in [3.8, 4) is 6.07 Å². The lowest BCUT2D eigenvalue weighted by Crippen LogP contribution is -2.11. The Balaban J connectivity index is 1.60. The average Bonchev–Trinajstić information content (AvgIpc) is 3.22. The lowest BCUT2D eigenvalue weighted by molar-refractivity contribution is 0.417. The first kappa shape index (κ1) is 23.8. The predicted octanol–water partition coefficient (Wildman–Crippen LogP) is 6.35. The van der Waals surface area contributed by atoms with Crippen molar-refractivity contribution in [1.82, 2.24) is 19.4 Å². The molecule has 0 fully saturated rings. The summed E-state index contributed by atoms with van der Waals surface area (Å²) in [5.74, 6) is 0. The first-order chi connectivity index (χ1) is 16.4. The van der Waals surface area contributed by atoms with Crippen molar-refractivity contribution in [2.24, 2.45) is 7.05 Å². The van der Waals surface area contributed by atoms with E-state index >= 15 is 0 Å². The van der Waals surface area contributed by atoms with E-state index in [9.17, 15) is 5.26 Å². The molecular formula is C26H25ClN6S.